The van der Waals surface area contributed by atoms with Gasteiger partial charge in [-0.15, -0.1) is 8.80 Å². The first-order valence-electron chi connectivity index (χ1n) is 12.5. The summed E-state index contributed by atoms with van der Waals surface area (Å²) in [6.07, 6.45) is 0. The maximum absolute atomic E-state index is 2.53. The lowest BCUT2D eigenvalue weighted by Crippen LogP contribution is -2.31. The van der Waals surface area contributed by atoms with E-state index < -0.39 is 0 Å². The summed E-state index contributed by atoms with van der Waals surface area (Å²) in [5.41, 5.74) is 23.1. The van der Waals surface area contributed by atoms with Gasteiger partial charge >= 0.3 is 0 Å². The van der Waals surface area contributed by atoms with Crippen molar-refractivity contribution in [3.8, 4) is 0 Å². The van der Waals surface area contributed by atoms with Crippen LogP contribution in [0.2, 0.25) is 0 Å². The molecule has 0 saturated carbocycles. The molecule has 13 rings (SSSR count). The SMILES string of the molecule is c1cc2c3ccc4c5ccc6c7ccc8c9ccc%10c%11ccc%12c1n2c1c(c(c(c(c1[n+]34)n65)n78)[n+]%109)n%12%11. The van der Waals surface area contributed by atoms with E-state index >= 15 is 0 Å². The van der Waals surface area contributed by atoms with Gasteiger partial charge in [-0.05, 0) is 48.5 Å². The van der Waals surface area contributed by atoms with Crippen LogP contribution in [0.5, 0.6) is 0 Å². The topological polar surface area (TPSA) is 25.8 Å². The Bertz CT molecular complexity index is 2310. The molecule has 12 heterocycles. The number of aromatic nitrogens is 6. The average Bonchev–Trinajstić information content (AvgIpc) is 3.70. The first-order valence-corrected chi connectivity index (χ1v) is 12.5. The summed E-state index contributed by atoms with van der Waals surface area (Å²) < 4.78 is 15.2. The van der Waals surface area contributed by atoms with Crippen LogP contribution in [0.3, 0.4) is 0 Å². The quantitative estimate of drug-likeness (QED) is 0.171. The molecule has 6 heteroatoms. The van der Waals surface area contributed by atoms with Crippen molar-refractivity contribution in [1.82, 2.24) is 17.6 Å². The van der Waals surface area contributed by atoms with Crippen LogP contribution in [0.25, 0.3) is 99.3 Å². The van der Waals surface area contributed by atoms with Gasteiger partial charge in [0.15, 0.2) is 22.1 Å². The van der Waals surface area contributed by atoms with Gasteiger partial charge in [-0.3, -0.25) is 17.6 Å². The van der Waals surface area contributed by atoms with Gasteiger partial charge in [0.25, 0.3) is 11.0 Å². The lowest BCUT2D eigenvalue weighted by Gasteiger charge is -2.19. The molecule has 0 amide bonds. The Morgan fingerprint density at radius 2 is 0.556 bits per heavy atom. The van der Waals surface area contributed by atoms with E-state index in [1.807, 2.05) is 0 Å². The highest BCUT2D eigenvalue weighted by Gasteiger charge is 2.39. The predicted octanol–water partition coefficient (Wildman–Crippen LogP) is 5.16. The molecule has 0 bridgehead atoms. The number of hydrogen-bond acceptors (Lipinski definition) is 0. The van der Waals surface area contributed by atoms with Gasteiger partial charge in [0.05, 0.1) is 22.1 Å². The molecule has 0 spiro atoms. The van der Waals surface area contributed by atoms with Crippen LogP contribution in [0.1, 0.15) is 0 Å². The van der Waals surface area contributed by atoms with Crippen molar-refractivity contribution in [2.75, 3.05) is 0 Å². The first-order chi connectivity index (χ1) is 17.9. The Balaban J connectivity index is 1.68. The molecule has 6 nitrogen and oxygen atoms in total. The fourth-order valence-corrected chi connectivity index (χ4v) is 8.41. The Labute approximate surface area is 198 Å². The number of benzene rings is 1. The molecule has 0 aliphatic carbocycles. The number of fused-ring (bicyclic) bond motifs is 6. The third-order valence-electron chi connectivity index (χ3n) is 9.55. The Hall–Kier alpha value is -5.10. The largest absolute Gasteiger partial charge is 0.295 e. The van der Waals surface area contributed by atoms with Crippen molar-refractivity contribution < 1.29 is 8.80 Å². The third-order valence-corrected chi connectivity index (χ3v) is 9.55. The minimum absolute atomic E-state index is 1.27. The summed E-state index contributed by atoms with van der Waals surface area (Å²) >= 11 is 0. The second-order valence-corrected chi connectivity index (χ2v) is 10.7. The Morgan fingerprint density at radius 3 is 0.833 bits per heavy atom. The van der Waals surface area contributed by atoms with E-state index in [0.717, 1.165) is 0 Å². The Morgan fingerprint density at radius 1 is 0.306 bits per heavy atom. The molecule has 36 heavy (non-hydrogen) atoms. The molecule has 0 unspecified atom stereocenters. The molecule has 0 aliphatic heterocycles. The van der Waals surface area contributed by atoms with Crippen LogP contribution >= 0.6 is 0 Å². The first kappa shape index (κ1) is 15.0. The maximum Gasteiger partial charge on any atom is 0.265 e. The summed E-state index contributed by atoms with van der Waals surface area (Å²) in [5, 5.41) is 0. The van der Waals surface area contributed by atoms with Crippen LogP contribution in [0.4, 0.5) is 0 Å². The molecule has 160 valence electrons. The van der Waals surface area contributed by atoms with Gasteiger partial charge < -0.3 is 0 Å². The van der Waals surface area contributed by atoms with Crippen LogP contribution in [-0.4, -0.2) is 17.6 Å². The summed E-state index contributed by atoms with van der Waals surface area (Å²) in [7, 11) is 0. The fraction of sp³-hybridized carbons (Fsp3) is 0. The van der Waals surface area contributed by atoms with Gasteiger partial charge in [0.1, 0.15) is 22.1 Å². The van der Waals surface area contributed by atoms with Crippen LogP contribution in [0.15, 0.2) is 72.8 Å². The van der Waals surface area contributed by atoms with Gasteiger partial charge in [0.2, 0.25) is 22.1 Å². The van der Waals surface area contributed by atoms with E-state index in [1.54, 1.807) is 0 Å². The van der Waals surface area contributed by atoms with E-state index in [1.165, 1.54) is 99.3 Å². The van der Waals surface area contributed by atoms with Crippen molar-refractivity contribution in [2.24, 2.45) is 0 Å². The summed E-state index contributed by atoms with van der Waals surface area (Å²) in [6, 6.07) is 27.7. The van der Waals surface area contributed by atoms with E-state index in [9.17, 15) is 0 Å². The highest BCUT2D eigenvalue weighted by Crippen LogP contribution is 2.44. The minimum atomic E-state index is 1.27. The molecule has 12 aromatic heterocycles. The lowest BCUT2D eigenvalue weighted by molar-refractivity contribution is -0.448. The molecule has 1 aromatic carbocycles. The maximum atomic E-state index is 2.53. The van der Waals surface area contributed by atoms with Crippen molar-refractivity contribution in [3.05, 3.63) is 72.8 Å². The van der Waals surface area contributed by atoms with Gasteiger partial charge in [-0.25, -0.2) is 0 Å². The average molecular weight is 456 g/mol. The predicted molar refractivity (Wildman–Crippen MR) is 140 cm³/mol. The number of hydrogen-bond donors (Lipinski definition) is 0. The Kier molecular flexibility index (Phi) is 1.67. The molecule has 0 N–H and O–H groups in total. The molecule has 0 aliphatic rings. The zero-order valence-electron chi connectivity index (χ0n) is 18.6. The lowest BCUT2D eigenvalue weighted by atomic mass is 10.1. The molecule has 0 atom stereocenters. The van der Waals surface area contributed by atoms with Gasteiger partial charge in [-0.1, -0.05) is 0 Å². The molecular formula is C30H12N6+2. The summed E-state index contributed by atoms with van der Waals surface area (Å²) in [5.74, 6) is 0. The second-order valence-electron chi connectivity index (χ2n) is 10.7. The van der Waals surface area contributed by atoms with Crippen LogP contribution < -0.4 is 8.80 Å². The minimum Gasteiger partial charge on any atom is -0.295 e. The second kappa shape index (κ2) is 4.01. The van der Waals surface area contributed by atoms with Crippen molar-refractivity contribution in [1.29, 1.82) is 0 Å². The monoisotopic (exact) mass is 456 g/mol. The summed E-state index contributed by atoms with van der Waals surface area (Å²) in [4.78, 5) is 0. The van der Waals surface area contributed by atoms with E-state index in [0.29, 0.717) is 0 Å². The van der Waals surface area contributed by atoms with Crippen molar-refractivity contribution >= 4 is 99.3 Å². The van der Waals surface area contributed by atoms with Crippen LogP contribution in [0, 0.1) is 0 Å². The van der Waals surface area contributed by atoms with Gasteiger partial charge in [-0.2, -0.15) is 0 Å². The third kappa shape index (κ3) is 1.07. The van der Waals surface area contributed by atoms with E-state index in [2.05, 4.69) is 99.2 Å². The number of nitrogens with zero attached hydrogens (tertiary/aromatic N) is 6. The zero-order chi connectivity index (χ0) is 22.3. The van der Waals surface area contributed by atoms with Gasteiger partial charge in [0, 0.05) is 24.3 Å². The summed E-state index contributed by atoms with van der Waals surface area (Å²) in [6.45, 7) is 0. The molecule has 0 radical (unpaired) electrons. The zero-order valence-corrected chi connectivity index (χ0v) is 18.6. The van der Waals surface area contributed by atoms with Crippen molar-refractivity contribution in [3.63, 3.8) is 0 Å². The molecule has 13 aromatic rings. The molecular weight excluding hydrogens is 444 g/mol. The standard InChI is InChI=1S/C30H12N6/c1-2-14-16-5-6-19-20-9-10-22-24-12-11-23-21-8-7-18-17-4-3-15-13(1)31(14)25-26(32(15)17)28(34(18)21)30(36(23)24)29(35(20)22)27(25)33(16)19/h1-12H/q+2. The molecule has 0 fully saturated rings. The van der Waals surface area contributed by atoms with Crippen LogP contribution in [-0.2, 0) is 0 Å². The van der Waals surface area contributed by atoms with E-state index in [-0.39, 0.29) is 0 Å². The van der Waals surface area contributed by atoms with E-state index in [4.69, 9.17) is 0 Å². The molecule has 0 saturated heterocycles. The smallest absolute Gasteiger partial charge is 0.265 e. The number of rotatable bonds is 0. The fourth-order valence-electron chi connectivity index (χ4n) is 8.41. The highest BCUT2D eigenvalue weighted by molar-refractivity contribution is 6.24. The van der Waals surface area contributed by atoms with Crippen molar-refractivity contribution in [2.45, 2.75) is 0 Å². The normalized spacial score (nSPS) is 14.7. The highest BCUT2D eigenvalue weighted by atomic mass is 15.1.